The Morgan fingerprint density at radius 3 is 2.54 bits per heavy atom. The summed E-state index contributed by atoms with van der Waals surface area (Å²) in [6, 6.07) is 22.3. The highest BCUT2D eigenvalue weighted by Gasteiger charge is 2.33. The highest BCUT2D eigenvalue weighted by atomic mass is 35.5. The molecule has 6 rings (SSSR count). The molecule has 5 aromatic rings. The van der Waals surface area contributed by atoms with E-state index < -0.39 is 6.29 Å². The van der Waals surface area contributed by atoms with E-state index in [1.54, 1.807) is 17.0 Å². The maximum atomic E-state index is 13.0. The minimum absolute atomic E-state index is 0.0383. The number of fused-ring (bicyclic) bond motifs is 1. The molecule has 1 aliphatic rings. The van der Waals surface area contributed by atoms with E-state index in [4.69, 9.17) is 32.7 Å². The van der Waals surface area contributed by atoms with Gasteiger partial charge in [-0.25, -0.2) is 9.97 Å². The van der Waals surface area contributed by atoms with Gasteiger partial charge in [-0.1, -0.05) is 71.7 Å². The lowest BCUT2D eigenvalue weighted by molar-refractivity contribution is -0.252. The average Bonchev–Trinajstić information content (AvgIpc) is 3.33. The number of aromatic nitrogens is 4. The van der Waals surface area contributed by atoms with Gasteiger partial charge in [0.25, 0.3) is 5.91 Å². The first kappa shape index (κ1) is 27.3. The summed E-state index contributed by atoms with van der Waals surface area (Å²) in [6.45, 7) is 0.379. The summed E-state index contributed by atoms with van der Waals surface area (Å²) in [5.74, 6) is -0.378. The van der Waals surface area contributed by atoms with Crippen LogP contribution >= 0.6 is 23.2 Å². The fourth-order valence-electron chi connectivity index (χ4n) is 4.75. The van der Waals surface area contributed by atoms with Gasteiger partial charge in [0.1, 0.15) is 10.8 Å². The summed E-state index contributed by atoms with van der Waals surface area (Å²) in [5, 5.41) is 12.9. The van der Waals surface area contributed by atoms with Crippen molar-refractivity contribution in [2.24, 2.45) is 0 Å². The Hall–Kier alpha value is -3.86. The number of ether oxygens (including phenoxy) is 2. The number of amides is 1. The van der Waals surface area contributed by atoms with Crippen LogP contribution in [0.1, 0.15) is 46.0 Å². The Balaban J connectivity index is 1.24. The molecule has 3 heterocycles. The number of nitrogens with one attached hydrogen (secondary N) is 1. The van der Waals surface area contributed by atoms with E-state index in [9.17, 15) is 9.90 Å². The molecule has 0 aliphatic carbocycles. The first-order chi connectivity index (χ1) is 20.0. The molecule has 0 unspecified atom stereocenters. The van der Waals surface area contributed by atoms with Gasteiger partial charge in [-0.3, -0.25) is 9.78 Å². The summed E-state index contributed by atoms with van der Waals surface area (Å²) in [5.41, 5.74) is 4.62. The van der Waals surface area contributed by atoms with Gasteiger partial charge in [0.05, 0.1) is 48.9 Å². The number of carbonyl (C=O) groups is 1. The molecule has 11 heteroatoms. The third-order valence-corrected chi connectivity index (χ3v) is 7.62. The molecule has 0 bridgehead atoms. The number of imidazole rings is 1. The van der Waals surface area contributed by atoms with E-state index in [0.29, 0.717) is 34.8 Å². The number of aliphatic hydroxyl groups excluding tert-OH is 1. The lowest BCUT2D eigenvalue weighted by Crippen LogP contribution is -2.32. The second-order valence-corrected chi connectivity index (χ2v) is 10.4. The van der Waals surface area contributed by atoms with Crippen molar-refractivity contribution in [3.05, 3.63) is 118 Å². The van der Waals surface area contributed by atoms with Crippen molar-refractivity contribution < 1.29 is 19.4 Å². The number of para-hydroxylation sites is 2. The van der Waals surface area contributed by atoms with Crippen LogP contribution < -0.4 is 5.32 Å². The summed E-state index contributed by atoms with van der Waals surface area (Å²) in [4.78, 5) is 25.8. The number of hydrogen-bond acceptors (Lipinski definition) is 7. The number of hydrogen-bond donors (Lipinski definition) is 2. The number of nitrogens with zero attached hydrogens (tertiary/aromatic N) is 4. The molecule has 3 aromatic carbocycles. The molecular weight excluding hydrogens is 565 g/mol. The Kier molecular flexibility index (Phi) is 7.95. The Morgan fingerprint density at radius 2 is 1.78 bits per heavy atom. The van der Waals surface area contributed by atoms with E-state index in [1.807, 2.05) is 66.7 Å². The maximum absolute atomic E-state index is 13.0. The van der Waals surface area contributed by atoms with Crippen molar-refractivity contribution in [3.8, 4) is 0 Å². The maximum Gasteiger partial charge on any atom is 0.275 e. The topological polar surface area (TPSA) is 111 Å². The van der Waals surface area contributed by atoms with Crippen LogP contribution in [0, 0.1) is 0 Å². The van der Waals surface area contributed by atoms with Gasteiger partial charge in [0, 0.05) is 17.7 Å². The third-order valence-electron chi connectivity index (χ3n) is 6.85. The van der Waals surface area contributed by atoms with Gasteiger partial charge in [0.2, 0.25) is 0 Å². The predicted octanol–water partition coefficient (Wildman–Crippen LogP) is 6.12. The largest absolute Gasteiger partial charge is 0.392 e. The van der Waals surface area contributed by atoms with Crippen LogP contribution in [0.4, 0.5) is 5.69 Å². The van der Waals surface area contributed by atoms with Crippen molar-refractivity contribution in [2.45, 2.75) is 38.1 Å². The van der Waals surface area contributed by atoms with Gasteiger partial charge >= 0.3 is 0 Å². The fraction of sp³-hybridized carbons (Fsp3) is 0.200. The van der Waals surface area contributed by atoms with Crippen LogP contribution in [0.3, 0.4) is 0 Å². The van der Waals surface area contributed by atoms with Crippen molar-refractivity contribution in [3.63, 3.8) is 0 Å². The van der Waals surface area contributed by atoms with Gasteiger partial charge < -0.3 is 24.5 Å². The second kappa shape index (κ2) is 11.9. The standard InChI is InChI=1S/C30H25Cl2N5O4/c31-27-28(32)37(17-34-27)15-22-13-26(19-10-8-18(16-38)9-11-19)41-30(40-22)20-4-3-5-21(12-20)35-29(39)25-14-33-23-6-1-2-7-24(23)36-25/h1-12,14,17,22,26,30,38H,13,15-16H2,(H,35,39)/t22-,26+,30+/m0/s1. The number of halogens is 2. The van der Waals surface area contributed by atoms with Crippen LogP contribution in [-0.2, 0) is 22.6 Å². The molecule has 1 saturated heterocycles. The molecule has 9 nitrogen and oxygen atoms in total. The van der Waals surface area contributed by atoms with E-state index in [1.165, 1.54) is 6.20 Å². The summed E-state index contributed by atoms with van der Waals surface area (Å²) in [6.07, 6.45) is 2.28. The van der Waals surface area contributed by atoms with Crippen molar-refractivity contribution >= 4 is 45.8 Å². The highest BCUT2D eigenvalue weighted by molar-refractivity contribution is 6.40. The summed E-state index contributed by atoms with van der Waals surface area (Å²) < 4.78 is 14.5. The van der Waals surface area contributed by atoms with Crippen molar-refractivity contribution in [1.82, 2.24) is 19.5 Å². The lowest BCUT2D eigenvalue weighted by Gasteiger charge is -2.36. The molecule has 2 N–H and O–H groups in total. The monoisotopic (exact) mass is 589 g/mol. The normalized spacial score (nSPS) is 18.9. The number of carbonyl (C=O) groups excluding carboxylic acids is 1. The molecule has 0 saturated carbocycles. The zero-order valence-corrected chi connectivity index (χ0v) is 23.2. The molecule has 1 amide bonds. The van der Waals surface area contributed by atoms with Crippen LogP contribution in [0.15, 0.2) is 85.3 Å². The summed E-state index contributed by atoms with van der Waals surface area (Å²) >= 11 is 12.4. The van der Waals surface area contributed by atoms with E-state index in [0.717, 1.165) is 16.7 Å². The van der Waals surface area contributed by atoms with Crippen molar-refractivity contribution in [2.75, 3.05) is 5.32 Å². The number of anilines is 1. The molecule has 0 radical (unpaired) electrons. The molecular formula is C30H25Cl2N5O4. The minimum Gasteiger partial charge on any atom is -0.392 e. The van der Waals surface area contributed by atoms with E-state index in [-0.39, 0.29) is 35.6 Å². The Labute approximate surface area is 245 Å². The van der Waals surface area contributed by atoms with E-state index >= 15 is 0 Å². The zero-order chi connectivity index (χ0) is 28.3. The van der Waals surface area contributed by atoms with Crippen molar-refractivity contribution in [1.29, 1.82) is 0 Å². The van der Waals surface area contributed by atoms with Gasteiger partial charge in [-0.15, -0.1) is 0 Å². The predicted molar refractivity (Wildman–Crippen MR) is 155 cm³/mol. The quantitative estimate of drug-likeness (QED) is 0.235. The van der Waals surface area contributed by atoms with Gasteiger partial charge in [-0.05, 0) is 35.4 Å². The number of rotatable bonds is 7. The van der Waals surface area contributed by atoms with Crippen LogP contribution in [-0.4, -0.2) is 36.6 Å². The van der Waals surface area contributed by atoms with Gasteiger partial charge in [0.15, 0.2) is 11.4 Å². The average molecular weight is 590 g/mol. The molecule has 1 fully saturated rings. The third kappa shape index (κ3) is 6.09. The number of benzene rings is 3. The van der Waals surface area contributed by atoms with E-state index in [2.05, 4.69) is 20.3 Å². The Bertz CT molecular complexity index is 1690. The molecule has 2 aromatic heterocycles. The van der Waals surface area contributed by atoms with Gasteiger partial charge in [-0.2, -0.15) is 0 Å². The number of aliphatic hydroxyl groups is 1. The fourth-order valence-corrected chi connectivity index (χ4v) is 5.06. The molecule has 1 aliphatic heterocycles. The Morgan fingerprint density at radius 1 is 0.976 bits per heavy atom. The lowest BCUT2D eigenvalue weighted by atomic mass is 10.00. The highest BCUT2D eigenvalue weighted by Crippen LogP contribution is 2.39. The zero-order valence-electron chi connectivity index (χ0n) is 21.7. The molecule has 208 valence electrons. The molecule has 0 spiro atoms. The second-order valence-electron chi connectivity index (χ2n) is 9.65. The molecule has 3 atom stereocenters. The van der Waals surface area contributed by atoms with Crippen LogP contribution in [0.5, 0.6) is 0 Å². The summed E-state index contributed by atoms with van der Waals surface area (Å²) in [7, 11) is 0. The molecule has 41 heavy (non-hydrogen) atoms. The van der Waals surface area contributed by atoms with Crippen LogP contribution in [0.25, 0.3) is 11.0 Å². The first-order valence-electron chi connectivity index (χ1n) is 13.0. The minimum atomic E-state index is -0.730. The SMILES string of the molecule is O=C(Nc1cccc([C@@H]2O[C@H](Cn3cnc(Cl)c3Cl)C[C@H](c3ccc(CO)cc3)O2)c1)c1cnc2ccccc2n1. The first-order valence-corrected chi connectivity index (χ1v) is 13.7. The smallest absolute Gasteiger partial charge is 0.275 e. The van der Waals surface area contributed by atoms with Crippen LogP contribution in [0.2, 0.25) is 10.3 Å².